The number of rotatable bonds is 4. The van der Waals surface area contributed by atoms with Crippen molar-refractivity contribution in [2.24, 2.45) is 23.2 Å². The summed E-state index contributed by atoms with van der Waals surface area (Å²) in [5.41, 5.74) is 1.41. The average Bonchev–Trinajstić information content (AvgIpc) is 3.09. The standard InChI is InChI=1S/C20H25ClN2O/c1-20(2)14-6-7-16(17(20)11-14)19(24)18(23-9-8-22-12-23)13-4-3-5-15(21)10-13/h3-5,8-10,12,14,16-19,24H,6-7,11H2,1-2H3. The Morgan fingerprint density at radius 1 is 1.33 bits per heavy atom. The summed E-state index contributed by atoms with van der Waals surface area (Å²) in [5.74, 6) is 1.77. The zero-order valence-corrected chi connectivity index (χ0v) is 15.0. The first kappa shape index (κ1) is 16.2. The first-order chi connectivity index (χ1) is 11.5. The maximum atomic E-state index is 11.4. The smallest absolute Gasteiger partial charge is 0.0952 e. The molecule has 0 amide bonds. The second-order valence-corrected chi connectivity index (χ2v) is 8.54. The number of aromatic nitrogens is 2. The SMILES string of the molecule is CC1(C)C2CCC(C(O)C(c3cccc(Cl)c3)n3ccnc3)C1C2. The highest BCUT2D eigenvalue weighted by molar-refractivity contribution is 6.30. The number of nitrogens with zero attached hydrogens (tertiary/aromatic N) is 2. The lowest BCUT2D eigenvalue weighted by molar-refractivity contribution is -0.142. The second kappa shape index (κ2) is 5.89. The minimum Gasteiger partial charge on any atom is -0.390 e. The zero-order valence-electron chi connectivity index (χ0n) is 14.3. The van der Waals surface area contributed by atoms with Crippen LogP contribution < -0.4 is 0 Å². The van der Waals surface area contributed by atoms with Crippen LogP contribution >= 0.6 is 11.6 Å². The number of imidazole rings is 1. The van der Waals surface area contributed by atoms with Crippen molar-refractivity contribution in [2.75, 3.05) is 0 Å². The first-order valence-corrected chi connectivity index (χ1v) is 9.27. The molecule has 5 rings (SSSR count). The van der Waals surface area contributed by atoms with Gasteiger partial charge in [0.25, 0.3) is 0 Å². The van der Waals surface area contributed by atoms with Gasteiger partial charge in [-0.3, -0.25) is 0 Å². The fourth-order valence-corrected chi connectivity index (χ4v) is 5.38. The molecule has 1 N–H and O–H groups in total. The number of aliphatic hydroxyl groups is 1. The highest BCUT2D eigenvalue weighted by Crippen LogP contribution is 2.62. The Kier molecular flexibility index (Phi) is 3.97. The number of halogens is 1. The van der Waals surface area contributed by atoms with Crippen molar-refractivity contribution in [2.45, 2.75) is 45.3 Å². The second-order valence-electron chi connectivity index (χ2n) is 8.10. The molecule has 4 heteroatoms. The lowest BCUT2D eigenvalue weighted by atomic mass is 9.44. The van der Waals surface area contributed by atoms with Crippen LogP contribution in [0.1, 0.15) is 44.7 Å². The van der Waals surface area contributed by atoms with Gasteiger partial charge in [-0.25, -0.2) is 4.98 Å². The van der Waals surface area contributed by atoms with Gasteiger partial charge in [-0.1, -0.05) is 37.6 Å². The lowest BCUT2D eigenvalue weighted by Crippen LogP contribution is -2.56. The highest BCUT2D eigenvalue weighted by Gasteiger charge is 2.56. The Morgan fingerprint density at radius 2 is 2.17 bits per heavy atom. The predicted octanol–water partition coefficient (Wildman–Crippen LogP) is 4.56. The van der Waals surface area contributed by atoms with E-state index in [2.05, 4.69) is 24.9 Å². The lowest BCUT2D eigenvalue weighted by Gasteiger charge is -2.61. The fourth-order valence-electron chi connectivity index (χ4n) is 5.18. The summed E-state index contributed by atoms with van der Waals surface area (Å²) in [6.07, 6.45) is 8.69. The van der Waals surface area contributed by atoms with E-state index in [1.807, 2.05) is 29.0 Å². The maximum absolute atomic E-state index is 11.4. The Bertz CT molecular complexity index is 710. The van der Waals surface area contributed by atoms with Crippen molar-refractivity contribution in [3.05, 3.63) is 53.6 Å². The summed E-state index contributed by atoms with van der Waals surface area (Å²) in [5, 5.41) is 12.1. The van der Waals surface area contributed by atoms with Gasteiger partial charge in [0.1, 0.15) is 0 Å². The minimum absolute atomic E-state index is 0.135. The van der Waals surface area contributed by atoms with Crippen molar-refractivity contribution >= 4 is 11.6 Å². The molecule has 3 saturated carbocycles. The zero-order chi connectivity index (χ0) is 16.9. The minimum atomic E-state index is -0.428. The molecule has 128 valence electrons. The monoisotopic (exact) mass is 344 g/mol. The van der Waals surface area contributed by atoms with Crippen molar-refractivity contribution in [3.63, 3.8) is 0 Å². The summed E-state index contributed by atoms with van der Waals surface area (Å²) < 4.78 is 2.02. The van der Waals surface area contributed by atoms with Gasteiger partial charge < -0.3 is 9.67 Å². The first-order valence-electron chi connectivity index (χ1n) is 8.89. The van der Waals surface area contributed by atoms with Crippen LogP contribution in [-0.2, 0) is 0 Å². The van der Waals surface area contributed by atoms with Gasteiger partial charge in [-0.2, -0.15) is 0 Å². The molecule has 3 nitrogen and oxygen atoms in total. The molecule has 3 fully saturated rings. The quantitative estimate of drug-likeness (QED) is 0.883. The Balaban J connectivity index is 1.69. The van der Waals surface area contributed by atoms with Gasteiger partial charge in [0, 0.05) is 17.4 Å². The molecule has 0 saturated heterocycles. The predicted molar refractivity (Wildman–Crippen MR) is 95.9 cm³/mol. The third-order valence-electron chi connectivity index (χ3n) is 6.71. The van der Waals surface area contributed by atoms with E-state index in [1.165, 1.54) is 12.8 Å². The van der Waals surface area contributed by atoms with E-state index >= 15 is 0 Å². The molecular formula is C20H25ClN2O. The van der Waals surface area contributed by atoms with Crippen LogP contribution in [0.4, 0.5) is 0 Å². The van der Waals surface area contributed by atoms with Crippen molar-refractivity contribution < 1.29 is 5.11 Å². The van der Waals surface area contributed by atoms with Gasteiger partial charge in [-0.05, 0) is 60.1 Å². The Labute approximate surface area is 148 Å². The number of hydrogen-bond donors (Lipinski definition) is 1. The molecule has 0 aliphatic heterocycles. The summed E-state index contributed by atoms with van der Waals surface area (Å²) in [7, 11) is 0. The molecule has 1 aromatic carbocycles. The van der Waals surface area contributed by atoms with Crippen LogP contribution in [0.15, 0.2) is 43.0 Å². The molecule has 5 unspecified atom stereocenters. The summed E-state index contributed by atoms with van der Waals surface area (Å²) >= 11 is 6.22. The van der Waals surface area contributed by atoms with Crippen molar-refractivity contribution in [1.29, 1.82) is 0 Å². The molecule has 5 atom stereocenters. The van der Waals surface area contributed by atoms with Crippen molar-refractivity contribution in [3.8, 4) is 0 Å². The van der Waals surface area contributed by atoms with Crippen LogP contribution in [0.5, 0.6) is 0 Å². The molecule has 2 aromatic rings. The summed E-state index contributed by atoms with van der Waals surface area (Å²) in [6.45, 7) is 4.74. The van der Waals surface area contributed by atoms with E-state index in [-0.39, 0.29) is 6.04 Å². The molecule has 3 aliphatic rings. The molecular weight excluding hydrogens is 320 g/mol. The van der Waals surface area contributed by atoms with Gasteiger partial charge in [0.2, 0.25) is 0 Å². The Hall–Kier alpha value is -1.32. The van der Waals surface area contributed by atoms with Crippen molar-refractivity contribution in [1.82, 2.24) is 9.55 Å². The normalized spacial score (nSPS) is 30.4. The van der Waals surface area contributed by atoms with Gasteiger partial charge >= 0.3 is 0 Å². The third kappa shape index (κ3) is 2.49. The largest absolute Gasteiger partial charge is 0.390 e. The summed E-state index contributed by atoms with van der Waals surface area (Å²) in [4.78, 5) is 4.19. The van der Waals surface area contributed by atoms with E-state index in [4.69, 9.17) is 11.6 Å². The van der Waals surface area contributed by atoms with E-state index in [0.29, 0.717) is 22.3 Å². The van der Waals surface area contributed by atoms with Crippen LogP contribution in [0.25, 0.3) is 0 Å². The molecule has 3 aliphatic carbocycles. The molecule has 2 bridgehead atoms. The number of benzene rings is 1. The average molecular weight is 345 g/mol. The number of aliphatic hydroxyl groups excluding tert-OH is 1. The molecule has 0 spiro atoms. The van der Waals surface area contributed by atoms with Gasteiger partial charge in [-0.15, -0.1) is 0 Å². The van der Waals surface area contributed by atoms with E-state index < -0.39 is 6.10 Å². The van der Waals surface area contributed by atoms with E-state index in [1.54, 1.807) is 12.5 Å². The molecule has 1 aromatic heterocycles. The fraction of sp³-hybridized carbons (Fsp3) is 0.550. The van der Waals surface area contributed by atoms with Crippen LogP contribution in [-0.4, -0.2) is 20.8 Å². The molecule has 24 heavy (non-hydrogen) atoms. The third-order valence-corrected chi connectivity index (χ3v) is 6.95. The number of fused-ring (bicyclic) bond motifs is 2. The maximum Gasteiger partial charge on any atom is 0.0952 e. The van der Waals surface area contributed by atoms with E-state index in [0.717, 1.165) is 17.9 Å². The topological polar surface area (TPSA) is 38.0 Å². The van der Waals surface area contributed by atoms with Gasteiger partial charge in [0.15, 0.2) is 0 Å². The molecule has 1 heterocycles. The molecule has 0 radical (unpaired) electrons. The van der Waals surface area contributed by atoms with E-state index in [9.17, 15) is 5.11 Å². The van der Waals surface area contributed by atoms with Gasteiger partial charge in [0.05, 0.1) is 18.5 Å². The van der Waals surface area contributed by atoms with Crippen LogP contribution in [0.2, 0.25) is 5.02 Å². The Morgan fingerprint density at radius 3 is 2.79 bits per heavy atom. The number of hydrogen-bond acceptors (Lipinski definition) is 2. The van der Waals surface area contributed by atoms with Crippen LogP contribution in [0, 0.1) is 23.2 Å². The van der Waals surface area contributed by atoms with Crippen LogP contribution in [0.3, 0.4) is 0 Å². The highest BCUT2D eigenvalue weighted by atomic mass is 35.5. The summed E-state index contributed by atoms with van der Waals surface area (Å²) in [6, 6.07) is 7.72.